The van der Waals surface area contributed by atoms with E-state index in [4.69, 9.17) is 15.2 Å². The molecule has 0 heterocycles. The second-order valence-electron chi connectivity index (χ2n) is 4.15. The number of aryl methyl sites for hydroxylation is 1. The highest BCUT2D eigenvalue weighted by Gasteiger charge is 2.19. The van der Waals surface area contributed by atoms with Gasteiger partial charge in [0.15, 0.2) is 11.5 Å². The van der Waals surface area contributed by atoms with Crippen LogP contribution in [0.4, 0.5) is 5.69 Å². The van der Waals surface area contributed by atoms with Crippen molar-refractivity contribution in [2.24, 2.45) is 0 Å². The van der Waals surface area contributed by atoms with Gasteiger partial charge in [-0.3, -0.25) is 9.59 Å². The lowest BCUT2D eigenvalue weighted by molar-refractivity contribution is -0.134. The largest absolute Gasteiger partial charge is 0.423 e. The Bertz CT molecular complexity index is 509. The molecule has 19 heavy (non-hydrogen) atoms. The average Bonchev–Trinajstić information content (AvgIpc) is 2.31. The highest BCUT2D eigenvalue weighted by molar-refractivity contribution is 5.77. The fraction of sp³-hybridized carbons (Fsp3) is 0.429. The summed E-state index contributed by atoms with van der Waals surface area (Å²) in [6, 6.07) is 1.65. The van der Waals surface area contributed by atoms with Crippen molar-refractivity contribution in [2.75, 3.05) is 5.73 Å². The van der Waals surface area contributed by atoms with Crippen LogP contribution in [0.1, 0.15) is 38.8 Å². The lowest BCUT2D eigenvalue weighted by Crippen LogP contribution is -2.11. The Balaban J connectivity index is 3.47. The van der Waals surface area contributed by atoms with Crippen molar-refractivity contribution >= 4 is 17.6 Å². The monoisotopic (exact) mass is 265 g/mol. The summed E-state index contributed by atoms with van der Waals surface area (Å²) in [7, 11) is 0. The molecular weight excluding hydrogens is 246 g/mol. The first-order valence-corrected chi connectivity index (χ1v) is 6.21. The Morgan fingerprint density at radius 2 is 1.68 bits per heavy atom. The van der Waals surface area contributed by atoms with Crippen molar-refractivity contribution < 1.29 is 19.1 Å². The number of esters is 2. The topological polar surface area (TPSA) is 78.6 Å². The lowest BCUT2D eigenvalue weighted by Gasteiger charge is -2.17. The van der Waals surface area contributed by atoms with Gasteiger partial charge in [-0.25, -0.2) is 0 Å². The van der Waals surface area contributed by atoms with Crippen molar-refractivity contribution in [2.45, 2.75) is 40.5 Å². The number of nitrogens with two attached hydrogens (primary N) is 1. The van der Waals surface area contributed by atoms with Crippen molar-refractivity contribution in [3.05, 3.63) is 17.2 Å². The number of nitrogen functional groups attached to an aromatic ring is 1. The van der Waals surface area contributed by atoms with E-state index in [9.17, 15) is 9.59 Å². The van der Waals surface area contributed by atoms with Crippen LogP contribution in [0.2, 0.25) is 0 Å². The Morgan fingerprint density at radius 3 is 2.11 bits per heavy atom. The fourth-order valence-corrected chi connectivity index (χ4v) is 1.90. The summed E-state index contributed by atoms with van der Waals surface area (Å²) < 4.78 is 10.3. The van der Waals surface area contributed by atoms with Gasteiger partial charge in [-0.05, 0) is 24.5 Å². The van der Waals surface area contributed by atoms with Crippen LogP contribution in [-0.4, -0.2) is 11.9 Å². The van der Waals surface area contributed by atoms with Crippen LogP contribution < -0.4 is 15.2 Å². The highest BCUT2D eigenvalue weighted by Crippen LogP contribution is 2.38. The normalized spacial score (nSPS) is 10.1. The number of carbonyl (C=O) groups is 2. The second kappa shape index (κ2) is 6.22. The first kappa shape index (κ1) is 15.0. The van der Waals surface area contributed by atoms with Gasteiger partial charge in [0.25, 0.3) is 0 Å². The molecule has 0 fully saturated rings. The molecule has 104 valence electrons. The van der Waals surface area contributed by atoms with E-state index >= 15 is 0 Å². The van der Waals surface area contributed by atoms with Crippen LogP contribution >= 0.6 is 0 Å². The molecule has 0 aliphatic carbocycles. The average molecular weight is 265 g/mol. The molecule has 2 N–H and O–H groups in total. The maximum Gasteiger partial charge on any atom is 0.308 e. The number of rotatable bonds is 4. The number of ether oxygens (including phenoxy) is 2. The molecule has 0 radical (unpaired) electrons. The Kier molecular flexibility index (Phi) is 4.92. The molecule has 1 rings (SSSR count). The van der Waals surface area contributed by atoms with E-state index < -0.39 is 11.9 Å². The molecule has 0 amide bonds. The first-order chi connectivity index (χ1) is 8.90. The van der Waals surface area contributed by atoms with E-state index in [0.29, 0.717) is 24.1 Å². The van der Waals surface area contributed by atoms with Gasteiger partial charge in [0, 0.05) is 25.1 Å². The molecule has 0 atom stereocenters. The van der Waals surface area contributed by atoms with Gasteiger partial charge in [-0.1, -0.05) is 13.8 Å². The van der Waals surface area contributed by atoms with Gasteiger partial charge in [-0.15, -0.1) is 0 Å². The van der Waals surface area contributed by atoms with Crippen LogP contribution in [0.3, 0.4) is 0 Å². The molecule has 1 aromatic carbocycles. The zero-order chi connectivity index (χ0) is 14.6. The standard InChI is InChI=1S/C14H19NO4/c1-5-10-7-12(18-8(3)16)14(19-9(4)17)11(6-2)13(10)15/h7H,5-6,15H2,1-4H3. The van der Waals surface area contributed by atoms with Crippen molar-refractivity contribution in [3.8, 4) is 11.5 Å². The third-order valence-electron chi connectivity index (χ3n) is 2.71. The van der Waals surface area contributed by atoms with E-state index in [2.05, 4.69) is 0 Å². The Hall–Kier alpha value is -2.04. The lowest BCUT2D eigenvalue weighted by atomic mass is 10.0. The van der Waals surface area contributed by atoms with Crippen molar-refractivity contribution in [1.29, 1.82) is 0 Å². The highest BCUT2D eigenvalue weighted by atomic mass is 16.6. The zero-order valence-electron chi connectivity index (χ0n) is 11.7. The second-order valence-corrected chi connectivity index (χ2v) is 4.15. The molecule has 0 spiro atoms. The number of benzene rings is 1. The minimum Gasteiger partial charge on any atom is -0.423 e. The van der Waals surface area contributed by atoms with E-state index in [-0.39, 0.29) is 11.5 Å². The summed E-state index contributed by atoms with van der Waals surface area (Å²) in [4.78, 5) is 22.3. The maximum atomic E-state index is 11.2. The van der Waals surface area contributed by atoms with E-state index in [1.165, 1.54) is 13.8 Å². The van der Waals surface area contributed by atoms with E-state index in [1.807, 2.05) is 13.8 Å². The molecular formula is C14H19NO4. The minimum atomic E-state index is -0.480. The molecule has 5 heteroatoms. The van der Waals surface area contributed by atoms with Gasteiger partial charge < -0.3 is 15.2 Å². The van der Waals surface area contributed by atoms with Crippen LogP contribution in [0.5, 0.6) is 11.5 Å². The molecule has 0 unspecified atom stereocenters. The summed E-state index contributed by atoms with van der Waals surface area (Å²) in [6.45, 7) is 6.44. The van der Waals surface area contributed by atoms with Gasteiger partial charge >= 0.3 is 11.9 Å². The van der Waals surface area contributed by atoms with Gasteiger partial charge in [0.1, 0.15) is 0 Å². The van der Waals surface area contributed by atoms with Crippen molar-refractivity contribution in [3.63, 3.8) is 0 Å². The number of carbonyl (C=O) groups excluding carboxylic acids is 2. The molecule has 0 saturated heterocycles. The van der Waals surface area contributed by atoms with Crippen LogP contribution in [0, 0.1) is 0 Å². The van der Waals surface area contributed by atoms with Gasteiger partial charge in [0.2, 0.25) is 0 Å². The maximum absolute atomic E-state index is 11.2. The van der Waals surface area contributed by atoms with Gasteiger partial charge in [0.05, 0.1) is 0 Å². The predicted molar refractivity (Wildman–Crippen MR) is 72.2 cm³/mol. The minimum absolute atomic E-state index is 0.236. The molecule has 0 saturated carbocycles. The number of anilines is 1. The summed E-state index contributed by atoms with van der Waals surface area (Å²) in [6.07, 6.45) is 1.28. The third-order valence-corrected chi connectivity index (χ3v) is 2.71. The third kappa shape index (κ3) is 3.47. The quantitative estimate of drug-likeness (QED) is 0.513. The number of hydrogen-bond donors (Lipinski definition) is 1. The summed E-state index contributed by atoms with van der Waals surface area (Å²) in [5.41, 5.74) is 8.18. The first-order valence-electron chi connectivity index (χ1n) is 6.21. The number of hydrogen-bond acceptors (Lipinski definition) is 5. The zero-order valence-corrected chi connectivity index (χ0v) is 11.7. The smallest absolute Gasteiger partial charge is 0.308 e. The molecule has 0 bridgehead atoms. The molecule has 5 nitrogen and oxygen atoms in total. The van der Waals surface area contributed by atoms with Crippen LogP contribution in [-0.2, 0) is 22.4 Å². The van der Waals surface area contributed by atoms with Crippen LogP contribution in [0.15, 0.2) is 6.07 Å². The predicted octanol–water partition coefficient (Wildman–Crippen LogP) is 2.24. The van der Waals surface area contributed by atoms with E-state index in [1.54, 1.807) is 6.07 Å². The van der Waals surface area contributed by atoms with Gasteiger partial charge in [-0.2, -0.15) is 0 Å². The van der Waals surface area contributed by atoms with Crippen molar-refractivity contribution in [1.82, 2.24) is 0 Å². The SMILES string of the molecule is CCc1cc(OC(C)=O)c(OC(C)=O)c(CC)c1N. The molecule has 0 aliphatic heterocycles. The molecule has 1 aromatic rings. The Labute approximate surface area is 112 Å². The van der Waals surface area contributed by atoms with E-state index in [0.717, 1.165) is 5.56 Å². The molecule has 0 aliphatic rings. The Morgan fingerprint density at radius 1 is 1.11 bits per heavy atom. The summed E-state index contributed by atoms with van der Waals surface area (Å²) in [5, 5.41) is 0. The fourth-order valence-electron chi connectivity index (χ4n) is 1.90. The van der Waals surface area contributed by atoms with Crippen LogP contribution in [0.25, 0.3) is 0 Å². The molecule has 0 aromatic heterocycles. The summed E-state index contributed by atoms with van der Waals surface area (Å²) in [5.74, 6) is -0.473. The summed E-state index contributed by atoms with van der Waals surface area (Å²) >= 11 is 0.